The molecule has 4 rings (SSSR count). The van der Waals surface area contributed by atoms with Crippen molar-refractivity contribution in [2.75, 3.05) is 20.3 Å². The van der Waals surface area contributed by atoms with Crippen molar-refractivity contribution in [3.8, 4) is 5.06 Å². The maximum atomic E-state index is 12.8. The molecule has 3 aromatic heterocycles. The van der Waals surface area contributed by atoms with Crippen LogP contribution < -0.4 is 15.6 Å². The van der Waals surface area contributed by atoms with E-state index in [9.17, 15) is 9.59 Å². The molecule has 1 saturated heterocycles. The van der Waals surface area contributed by atoms with Gasteiger partial charge in [-0.05, 0) is 30.9 Å². The van der Waals surface area contributed by atoms with Gasteiger partial charge in [-0.3, -0.25) is 14.7 Å². The van der Waals surface area contributed by atoms with E-state index in [-0.39, 0.29) is 23.4 Å². The summed E-state index contributed by atoms with van der Waals surface area (Å²) in [4.78, 5) is 30.8. The van der Waals surface area contributed by atoms with E-state index in [2.05, 4.69) is 10.4 Å². The zero-order valence-electron chi connectivity index (χ0n) is 17.3. The average molecular weight is 431 g/mol. The van der Waals surface area contributed by atoms with Crippen LogP contribution >= 0.6 is 11.3 Å². The summed E-state index contributed by atoms with van der Waals surface area (Å²) < 4.78 is 12.1. The average Bonchev–Trinajstić information content (AvgIpc) is 3.39. The van der Waals surface area contributed by atoms with Gasteiger partial charge in [0.2, 0.25) is 0 Å². The minimum Gasteiger partial charge on any atom is -0.487 e. The van der Waals surface area contributed by atoms with Crippen LogP contribution in [0.4, 0.5) is 0 Å². The first-order valence-corrected chi connectivity index (χ1v) is 10.9. The molecule has 1 amide bonds. The molecular weight excluding hydrogens is 404 g/mol. The molecule has 3 aromatic rings. The number of carbonyl (C=O) groups is 1. The fourth-order valence-electron chi connectivity index (χ4n) is 3.75. The van der Waals surface area contributed by atoms with Crippen molar-refractivity contribution in [2.45, 2.75) is 38.6 Å². The molecule has 8 nitrogen and oxygen atoms in total. The first-order chi connectivity index (χ1) is 14.5. The molecule has 9 heteroatoms. The molecule has 30 heavy (non-hydrogen) atoms. The molecule has 1 unspecified atom stereocenters. The summed E-state index contributed by atoms with van der Waals surface area (Å²) in [5.74, 6) is 0.178. The summed E-state index contributed by atoms with van der Waals surface area (Å²) in [5.41, 5.74) is 1.93. The number of hydrogen-bond acceptors (Lipinski definition) is 6. The largest absolute Gasteiger partial charge is 0.487 e. The SMILES string of the molecule is COc1ccc(C(=O)NC(c2cc(=O)n3[nH]c(C4CCOCC4)cc3n2)C(C)C)s1. The summed E-state index contributed by atoms with van der Waals surface area (Å²) >= 11 is 1.28. The van der Waals surface area contributed by atoms with E-state index in [1.165, 1.54) is 21.9 Å². The Labute approximate surface area is 178 Å². The molecule has 1 aliphatic rings. The van der Waals surface area contributed by atoms with E-state index in [0.29, 0.717) is 27.2 Å². The number of fused-ring (bicyclic) bond motifs is 1. The predicted molar refractivity (Wildman–Crippen MR) is 115 cm³/mol. The Hall–Kier alpha value is -2.65. The lowest BCUT2D eigenvalue weighted by atomic mass is 9.97. The summed E-state index contributed by atoms with van der Waals surface area (Å²) in [7, 11) is 1.57. The molecule has 0 spiro atoms. The molecule has 0 bridgehead atoms. The fourth-order valence-corrected chi connectivity index (χ4v) is 4.48. The Morgan fingerprint density at radius 2 is 2.10 bits per heavy atom. The molecule has 1 atom stereocenters. The van der Waals surface area contributed by atoms with Gasteiger partial charge in [-0.25, -0.2) is 9.50 Å². The molecule has 4 heterocycles. The molecule has 2 N–H and O–H groups in total. The van der Waals surface area contributed by atoms with Crippen LogP contribution in [0.3, 0.4) is 0 Å². The van der Waals surface area contributed by atoms with Crippen molar-refractivity contribution < 1.29 is 14.3 Å². The number of ether oxygens (including phenoxy) is 2. The Bertz CT molecular complexity index is 1090. The molecule has 1 aliphatic heterocycles. The summed E-state index contributed by atoms with van der Waals surface area (Å²) in [5, 5.41) is 6.89. The van der Waals surface area contributed by atoms with Crippen molar-refractivity contribution in [2.24, 2.45) is 5.92 Å². The standard InChI is InChI=1S/C21H26N4O4S/c1-12(2)20(23-21(27)16-4-5-19(28-3)30-16)15-11-18(26)25-17(22-15)10-14(24-25)13-6-8-29-9-7-13/h4-5,10-13,20,24H,6-9H2,1-3H3,(H,23,27). The fraction of sp³-hybridized carbons (Fsp3) is 0.476. The summed E-state index contributed by atoms with van der Waals surface area (Å²) in [6, 6.07) is 6.54. The third-order valence-electron chi connectivity index (χ3n) is 5.43. The molecule has 160 valence electrons. The topological polar surface area (TPSA) is 97.7 Å². The van der Waals surface area contributed by atoms with Crippen molar-refractivity contribution in [3.63, 3.8) is 0 Å². The van der Waals surface area contributed by atoms with E-state index in [1.54, 1.807) is 19.2 Å². The van der Waals surface area contributed by atoms with E-state index >= 15 is 0 Å². The molecule has 0 aromatic carbocycles. The number of aromatic amines is 1. The lowest BCUT2D eigenvalue weighted by Gasteiger charge is -2.21. The zero-order valence-corrected chi connectivity index (χ0v) is 18.1. The number of thiophene rings is 1. The van der Waals surface area contributed by atoms with Gasteiger partial charge in [0.05, 0.1) is 23.7 Å². The number of hydrogen-bond donors (Lipinski definition) is 2. The Balaban J connectivity index is 1.63. The second-order valence-corrected chi connectivity index (χ2v) is 8.88. The lowest BCUT2D eigenvalue weighted by molar-refractivity contribution is 0.0844. The third kappa shape index (κ3) is 4.13. The molecule has 0 aliphatic carbocycles. The van der Waals surface area contributed by atoms with Crippen LogP contribution in [0.1, 0.15) is 59.7 Å². The van der Waals surface area contributed by atoms with E-state index in [4.69, 9.17) is 14.5 Å². The number of methoxy groups -OCH3 is 1. The first kappa shape index (κ1) is 20.6. The van der Waals surface area contributed by atoms with Gasteiger partial charge in [-0.15, -0.1) is 0 Å². The maximum absolute atomic E-state index is 12.8. The van der Waals surface area contributed by atoms with Crippen molar-refractivity contribution in [1.82, 2.24) is 19.9 Å². The normalized spacial score (nSPS) is 16.1. The van der Waals surface area contributed by atoms with Crippen LogP contribution in [0.15, 0.2) is 29.1 Å². The highest BCUT2D eigenvalue weighted by Crippen LogP contribution is 2.28. The van der Waals surface area contributed by atoms with E-state index in [0.717, 1.165) is 31.7 Å². The van der Waals surface area contributed by atoms with Crippen molar-refractivity contribution >= 4 is 22.9 Å². The Kier molecular flexibility index (Phi) is 5.92. The van der Waals surface area contributed by atoms with Gasteiger partial charge in [-0.2, -0.15) is 0 Å². The second-order valence-electron chi connectivity index (χ2n) is 7.83. The third-order valence-corrected chi connectivity index (χ3v) is 6.47. The van der Waals surface area contributed by atoms with Gasteiger partial charge in [0.15, 0.2) is 10.7 Å². The number of carbonyl (C=O) groups excluding carboxylic acids is 1. The van der Waals surface area contributed by atoms with Crippen LogP contribution in [0, 0.1) is 5.92 Å². The van der Waals surface area contributed by atoms with Crippen molar-refractivity contribution in [3.05, 3.63) is 50.9 Å². The maximum Gasteiger partial charge on any atom is 0.272 e. The smallest absolute Gasteiger partial charge is 0.272 e. The Morgan fingerprint density at radius 1 is 1.33 bits per heavy atom. The minimum atomic E-state index is -0.385. The van der Waals surface area contributed by atoms with Crippen molar-refractivity contribution in [1.29, 1.82) is 0 Å². The highest BCUT2D eigenvalue weighted by atomic mass is 32.1. The molecule has 0 radical (unpaired) electrons. The molecule has 1 fully saturated rings. The summed E-state index contributed by atoms with van der Waals surface area (Å²) in [6.07, 6.45) is 1.84. The number of nitrogens with one attached hydrogen (secondary N) is 2. The molecule has 0 saturated carbocycles. The number of rotatable bonds is 6. The second kappa shape index (κ2) is 8.61. The van der Waals surface area contributed by atoms with Crippen LogP contribution in [0.25, 0.3) is 5.65 Å². The summed E-state index contributed by atoms with van der Waals surface area (Å²) in [6.45, 7) is 5.44. The van der Waals surface area contributed by atoms with Crippen LogP contribution in [-0.2, 0) is 4.74 Å². The number of aromatic nitrogens is 3. The zero-order chi connectivity index (χ0) is 21.3. The van der Waals surface area contributed by atoms with Crippen LogP contribution in [0.2, 0.25) is 0 Å². The molecular formula is C21H26N4O4S. The van der Waals surface area contributed by atoms with E-state index in [1.807, 2.05) is 19.9 Å². The Morgan fingerprint density at radius 3 is 2.77 bits per heavy atom. The van der Waals surface area contributed by atoms with Crippen LogP contribution in [-0.4, -0.2) is 40.8 Å². The lowest BCUT2D eigenvalue weighted by Crippen LogP contribution is -2.33. The highest BCUT2D eigenvalue weighted by molar-refractivity contribution is 7.15. The number of nitrogens with zero attached hydrogens (tertiary/aromatic N) is 2. The van der Waals surface area contributed by atoms with Gasteiger partial charge in [0.25, 0.3) is 11.5 Å². The highest BCUT2D eigenvalue weighted by Gasteiger charge is 2.24. The van der Waals surface area contributed by atoms with Gasteiger partial charge in [0, 0.05) is 37.0 Å². The quantitative estimate of drug-likeness (QED) is 0.626. The van der Waals surface area contributed by atoms with Gasteiger partial charge < -0.3 is 14.8 Å². The number of amides is 1. The van der Waals surface area contributed by atoms with Gasteiger partial charge in [-0.1, -0.05) is 25.2 Å². The minimum absolute atomic E-state index is 0.0547. The van der Waals surface area contributed by atoms with E-state index < -0.39 is 0 Å². The van der Waals surface area contributed by atoms with Gasteiger partial charge in [0.1, 0.15) is 0 Å². The first-order valence-electron chi connectivity index (χ1n) is 10.1. The monoisotopic (exact) mass is 430 g/mol. The predicted octanol–water partition coefficient (Wildman–Crippen LogP) is 3.11. The van der Waals surface area contributed by atoms with Crippen LogP contribution in [0.5, 0.6) is 5.06 Å². The van der Waals surface area contributed by atoms with Gasteiger partial charge >= 0.3 is 0 Å². The number of H-pyrrole nitrogens is 1.